The predicted octanol–water partition coefficient (Wildman–Crippen LogP) is 2.39. The Kier molecular flexibility index (Phi) is 6.40. The molecular formula is C17H25NO4. The van der Waals surface area contributed by atoms with Gasteiger partial charge in [-0.3, -0.25) is 4.79 Å². The zero-order valence-corrected chi connectivity index (χ0v) is 14.0. The molecule has 1 rings (SSSR count). The molecule has 1 aromatic rings. The molecule has 1 atom stereocenters. The summed E-state index contributed by atoms with van der Waals surface area (Å²) < 4.78 is 9.95. The van der Waals surface area contributed by atoms with Gasteiger partial charge in [-0.05, 0) is 43.5 Å². The van der Waals surface area contributed by atoms with E-state index in [4.69, 9.17) is 9.47 Å². The average molecular weight is 307 g/mol. The van der Waals surface area contributed by atoms with Crippen LogP contribution in [-0.2, 0) is 20.7 Å². The van der Waals surface area contributed by atoms with Gasteiger partial charge in [0.2, 0.25) is 5.91 Å². The Morgan fingerprint density at radius 2 is 1.95 bits per heavy atom. The van der Waals surface area contributed by atoms with Crippen molar-refractivity contribution in [2.24, 2.45) is 0 Å². The van der Waals surface area contributed by atoms with Gasteiger partial charge in [0.25, 0.3) is 0 Å². The normalized spacial score (nSPS) is 13.1. The number of benzene rings is 1. The predicted molar refractivity (Wildman–Crippen MR) is 84.9 cm³/mol. The van der Waals surface area contributed by atoms with Crippen LogP contribution in [0.5, 0.6) is 5.75 Å². The van der Waals surface area contributed by atoms with Gasteiger partial charge in [-0.25, -0.2) is 4.79 Å². The molecule has 5 nitrogen and oxygen atoms in total. The van der Waals surface area contributed by atoms with Crippen LogP contribution < -0.4 is 10.1 Å². The summed E-state index contributed by atoms with van der Waals surface area (Å²) in [7, 11) is 2.93. The van der Waals surface area contributed by atoms with Gasteiger partial charge in [0, 0.05) is 0 Å². The van der Waals surface area contributed by atoms with Crippen molar-refractivity contribution in [3.05, 3.63) is 29.3 Å². The zero-order valence-electron chi connectivity index (χ0n) is 14.0. The van der Waals surface area contributed by atoms with Gasteiger partial charge in [-0.1, -0.05) is 19.4 Å². The molecule has 1 unspecified atom stereocenters. The molecule has 0 heterocycles. The van der Waals surface area contributed by atoms with Gasteiger partial charge < -0.3 is 14.8 Å². The van der Waals surface area contributed by atoms with Crippen molar-refractivity contribution < 1.29 is 19.1 Å². The Morgan fingerprint density at radius 3 is 2.45 bits per heavy atom. The first-order valence-electron chi connectivity index (χ1n) is 7.39. The lowest BCUT2D eigenvalue weighted by Crippen LogP contribution is -2.53. The third kappa shape index (κ3) is 4.48. The Balaban J connectivity index is 2.82. The van der Waals surface area contributed by atoms with Crippen LogP contribution in [0.25, 0.3) is 0 Å². The highest BCUT2D eigenvalue weighted by Gasteiger charge is 2.35. The number of rotatable bonds is 7. The fourth-order valence-electron chi connectivity index (χ4n) is 2.46. The number of amides is 1. The number of aryl methyl sites for hydroxylation is 1. The Hall–Kier alpha value is -2.04. The van der Waals surface area contributed by atoms with Crippen LogP contribution >= 0.6 is 0 Å². The number of hydrogen-bond acceptors (Lipinski definition) is 4. The van der Waals surface area contributed by atoms with Gasteiger partial charge in [-0.2, -0.15) is 0 Å². The molecule has 0 bridgehead atoms. The van der Waals surface area contributed by atoms with E-state index in [-0.39, 0.29) is 12.3 Å². The summed E-state index contributed by atoms with van der Waals surface area (Å²) in [5.41, 5.74) is 0.896. The van der Waals surface area contributed by atoms with Crippen molar-refractivity contribution in [3.63, 3.8) is 0 Å². The smallest absolute Gasteiger partial charge is 0.331 e. The van der Waals surface area contributed by atoms with Gasteiger partial charge in [-0.15, -0.1) is 0 Å². The van der Waals surface area contributed by atoms with Crippen molar-refractivity contribution in [1.29, 1.82) is 0 Å². The molecule has 1 N–H and O–H groups in total. The average Bonchev–Trinajstić information content (AvgIpc) is 2.48. The highest BCUT2D eigenvalue weighted by atomic mass is 16.5. The minimum absolute atomic E-state index is 0.199. The molecule has 22 heavy (non-hydrogen) atoms. The van der Waals surface area contributed by atoms with Crippen LogP contribution in [-0.4, -0.2) is 31.6 Å². The van der Waals surface area contributed by atoms with E-state index in [0.717, 1.165) is 23.3 Å². The number of esters is 1. The van der Waals surface area contributed by atoms with E-state index < -0.39 is 11.5 Å². The van der Waals surface area contributed by atoms with Crippen LogP contribution in [0.15, 0.2) is 18.2 Å². The number of ether oxygens (including phenoxy) is 2. The second-order valence-corrected chi connectivity index (χ2v) is 5.59. The lowest BCUT2D eigenvalue weighted by molar-refractivity contribution is -0.150. The maximum Gasteiger partial charge on any atom is 0.331 e. The maximum absolute atomic E-state index is 12.3. The summed E-state index contributed by atoms with van der Waals surface area (Å²) in [6, 6.07) is 5.57. The van der Waals surface area contributed by atoms with Crippen molar-refractivity contribution in [2.45, 2.75) is 45.6 Å². The molecule has 0 spiro atoms. The third-order valence-corrected chi connectivity index (χ3v) is 3.70. The molecule has 1 amide bonds. The number of methoxy groups -OCH3 is 2. The SMILES string of the molecule is CCCC(C)(NC(=O)Cc1ccc(OC)cc1C)C(=O)OC. The molecule has 0 radical (unpaired) electrons. The van der Waals surface area contributed by atoms with E-state index in [1.54, 1.807) is 14.0 Å². The first-order chi connectivity index (χ1) is 10.4. The molecule has 5 heteroatoms. The molecule has 0 aliphatic carbocycles. The van der Waals surface area contributed by atoms with Crippen LogP contribution in [0, 0.1) is 6.92 Å². The molecule has 0 saturated heterocycles. The lowest BCUT2D eigenvalue weighted by Gasteiger charge is -2.27. The standard InChI is InChI=1S/C17H25NO4/c1-6-9-17(3,16(20)22-5)18-15(19)11-13-7-8-14(21-4)10-12(13)2/h7-8,10H,6,9,11H2,1-5H3,(H,18,19). The molecule has 0 saturated carbocycles. The second kappa shape index (κ2) is 7.82. The lowest BCUT2D eigenvalue weighted by atomic mass is 9.95. The zero-order chi connectivity index (χ0) is 16.8. The Morgan fingerprint density at radius 1 is 1.27 bits per heavy atom. The molecule has 122 valence electrons. The van der Waals surface area contributed by atoms with Crippen LogP contribution in [0.4, 0.5) is 0 Å². The minimum atomic E-state index is -0.985. The monoisotopic (exact) mass is 307 g/mol. The highest BCUT2D eigenvalue weighted by molar-refractivity contribution is 5.88. The largest absolute Gasteiger partial charge is 0.497 e. The Bertz CT molecular complexity index is 541. The first kappa shape index (κ1) is 18.0. The van der Waals surface area contributed by atoms with Gasteiger partial charge in [0.1, 0.15) is 11.3 Å². The summed E-state index contributed by atoms with van der Waals surface area (Å²) in [6.45, 7) is 5.58. The molecule has 0 aromatic heterocycles. The van der Waals surface area contributed by atoms with E-state index in [2.05, 4.69) is 5.32 Å². The van der Waals surface area contributed by atoms with Crippen LogP contribution in [0.3, 0.4) is 0 Å². The van der Waals surface area contributed by atoms with Gasteiger partial charge in [0.05, 0.1) is 20.6 Å². The van der Waals surface area contributed by atoms with Crippen LogP contribution in [0.2, 0.25) is 0 Å². The summed E-state index contributed by atoms with van der Waals surface area (Å²) >= 11 is 0. The summed E-state index contributed by atoms with van der Waals surface area (Å²) in [4.78, 5) is 24.2. The Labute approximate surface area is 132 Å². The van der Waals surface area contributed by atoms with Gasteiger partial charge in [0.15, 0.2) is 0 Å². The third-order valence-electron chi connectivity index (χ3n) is 3.70. The van der Waals surface area contributed by atoms with Crippen molar-refractivity contribution in [3.8, 4) is 5.75 Å². The quantitative estimate of drug-likeness (QED) is 0.786. The van der Waals surface area contributed by atoms with Crippen molar-refractivity contribution in [1.82, 2.24) is 5.32 Å². The van der Waals surface area contributed by atoms with Gasteiger partial charge >= 0.3 is 5.97 Å². The van der Waals surface area contributed by atoms with E-state index >= 15 is 0 Å². The number of carbonyl (C=O) groups is 2. The van der Waals surface area contributed by atoms with E-state index in [0.29, 0.717) is 6.42 Å². The van der Waals surface area contributed by atoms with Crippen molar-refractivity contribution in [2.75, 3.05) is 14.2 Å². The van der Waals surface area contributed by atoms with Crippen LogP contribution in [0.1, 0.15) is 37.8 Å². The second-order valence-electron chi connectivity index (χ2n) is 5.59. The van der Waals surface area contributed by atoms with Crippen molar-refractivity contribution >= 4 is 11.9 Å². The topological polar surface area (TPSA) is 64.6 Å². The number of hydrogen-bond donors (Lipinski definition) is 1. The minimum Gasteiger partial charge on any atom is -0.497 e. The molecular weight excluding hydrogens is 282 g/mol. The van der Waals surface area contributed by atoms with E-state index in [1.807, 2.05) is 32.0 Å². The molecule has 1 aromatic carbocycles. The first-order valence-corrected chi connectivity index (χ1v) is 7.39. The van der Waals surface area contributed by atoms with E-state index in [1.165, 1.54) is 7.11 Å². The summed E-state index contributed by atoms with van der Waals surface area (Å²) in [5.74, 6) is 0.135. The fourth-order valence-corrected chi connectivity index (χ4v) is 2.46. The number of nitrogens with one attached hydrogen (secondary N) is 1. The summed E-state index contributed by atoms with van der Waals surface area (Å²) in [5, 5.41) is 2.80. The van der Waals surface area contributed by atoms with E-state index in [9.17, 15) is 9.59 Å². The maximum atomic E-state index is 12.3. The molecule has 0 aliphatic heterocycles. The molecule has 0 aliphatic rings. The highest BCUT2D eigenvalue weighted by Crippen LogP contribution is 2.19. The molecule has 0 fully saturated rings. The fraction of sp³-hybridized carbons (Fsp3) is 0.529. The number of carbonyl (C=O) groups excluding carboxylic acids is 2. The summed E-state index contributed by atoms with van der Waals surface area (Å²) in [6.07, 6.45) is 1.52.